The highest BCUT2D eigenvalue weighted by atomic mass is 79.9. The molecule has 2 atom stereocenters. The second-order valence-corrected chi connectivity index (χ2v) is 5.13. The number of anilines is 1. The number of rotatable bonds is 1. The van der Waals surface area contributed by atoms with Gasteiger partial charge in [0.05, 0.1) is 10.2 Å². The fourth-order valence-electron chi connectivity index (χ4n) is 2.45. The van der Waals surface area contributed by atoms with E-state index in [1.54, 1.807) is 6.07 Å². The summed E-state index contributed by atoms with van der Waals surface area (Å²) >= 11 is 3.22. The molecular formula is C11H12BrFN2. The zero-order valence-electron chi connectivity index (χ0n) is 8.21. The topological polar surface area (TPSA) is 15.3 Å². The lowest BCUT2D eigenvalue weighted by molar-refractivity contribution is 0.225. The Morgan fingerprint density at radius 1 is 1.33 bits per heavy atom. The molecule has 0 saturated carbocycles. The van der Waals surface area contributed by atoms with Gasteiger partial charge in [0.1, 0.15) is 0 Å². The Bertz CT molecular complexity index is 380. The fraction of sp³-hybridized carbons (Fsp3) is 0.455. The summed E-state index contributed by atoms with van der Waals surface area (Å²) in [5, 5.41) is 3.44. The molecule has 80 valence electrons. The molecule has 1 N–H and O–H groups in total. The van der Waals surface area contributed by atoms with Crippen molar-refractivity contribution in [2.24, 2.45) is 0 Å². The molecule has 2 bridgehead atoms. The molecule has 2 unspecified atom stereocenters. The van der Waals surface area contributed by atoms with Crippen LogP contribution in [-0.2, 0) is 0 Å². The monoisotopic (exact) mass is 270 g/mol. The Morgan fingerprint density at radius 3 is 2.67 bits per heavy atom. The van der Waals surface area contributed by atoms with Crippen molar-refractivity contribution in [1.82, 2.24) is 5.32 Å². The van der Waals surface area contributed by atoms with E-state index in [4.69, 9.17) is 0 Å². The summed E-state index contributed by atoms with van der Waals surface area (Å²) in [6.45, 7) is 1.84. The van der Waals surface area contributed by atoms with E-state index in [2.05, 4.69) is 26.1 Å². The molecule has 4 rings (SSSR count). The first-order chi connectivity index (χ1) is 7.24. The molecule has 0 aromatic heterocycles. The van der Waals surface area contributed by atoms with Crippen LogP contribution in [0, 0.1) is 5.82 Å². The van der Waals surface area contributed by atoms with Crippen LogP contribution >= 0.6 is 15.9 Å². The van der Waals surface area contributed by atoms with Crippen LogP contribution in [0.5, 0.6) is 0 Å². The van der Waals surface area contributed by atoms with Crippen LogP contribution in [0.15, 0.2) is 22.7 Å². The van der Waals surface area contributed by atoms with Crippen LogP contribution in [-0.4, -0.2) is 25.2 Å². The van der Waals surface area contributed by atoms with E-state index < -0.39 is 0 Å². The lowest BCUT2D eigenvalue weighted by Crippen LogP contribution is -2.67. The minimum Gasteiger partial charge on any atom is -0.366 e. The smallest absolute Gasteiger partial charge is 0.160 e. The molecule has 2 nitrogen and oxygen atoms in total. The minimum absolute atomic E-state index is 0.140. The molecule has 4 heteroatoms. The Balaban J connectivity index is 1.89. The third-order valence-corrected chi connectivity index (χ3v) is 3.81. The number of piperazine rings is 1. The summed E-state index contributed by atoms with van der Waals surface area (Å²) in [4.78, 5) is 2.13. The molecule has 15 heavy (non-hydrogen) atoms. The number of piperidine rings is 1. The van der Waals surface area contributed by atoms with Gasteiger partial charge in [0.2, 0.25) is 0 Å². The summed E-state index contributed by atoms with van der Waals surface area (Å²) in [7, 11) is 0. The summed E-state index contributed by atoms with van der Waals surface area (Å²) in [6, 6.07) is 6.59. The summed E-state index contributed by atoms with van der Waals surface area (Å²) in [5.41, 5.74) is 0.723. The van der Waals surface area contributed by atoms with E-state index in [0.717, 1.165) is 18.8 Å². The molecule has 0 amide bonds. The van der Waals surface area contributed by atoms with Crippen molar-refractivity contribution in [3.63, 3.8) is 0 Å². The summed E-state index contributed by atoms with van der Waals surface area (Å²) in [5.74, 6) is -0.140. The largest absolute Gasteiger partial charge is 0.366 e. The molecule has 0 spiro atoms. The Labute approximate surface area is 96.6 Å². The first-order valence-electron chi connectivity index (χ1n) is 5.19. The zero-order chi connectivity index (χ0) is 10.4. The van der Waals surface area contributed by atoms with E-state index >= 15 is 0 Å². The standard InChI is InChI=1S/C11H12BrFN2/c12-9-2-1-3-10(11(9)13)15-5-7-4-8(6-15)14-7/h1-3,7-8,14H,4-6H2. The summed E-state index contributed by atoms with van der Waals surface area (Å²) in [6.07, 6.45) is 1.24. The highest BCUT2D eigenvalue weighted by Crippen LogP contribution is 2.30. The van der Waals surface area contributed by atoms with Crippen LogP contribution in [0.2, 0.25) is 0 Å². The number of nitrogens with one attached hydrogen (secondary N) is 1. The van der Waals surface area contributed by atoms with Gasteiger partial charge in [-0.3, -0.25) is 0 Å². The van der Waals surface area contributed by atoms with Crippen LogP contribution in [0.4, 0.5) is 10.1 Å². The molecule has 1 aromatic carbocycles. The number of hydrogen-bond donors (Lipinski definition) is 1. The third kappa shape index (κ3) is 1.56. The van der Waals surface area contributed by atoms with Gasteiger partial charge in [-0.15, -0.1) is 0 Å². The first-order valence-corrected chi connectivity index (χ1v) is 5.98. The molecule has 0 radical (unpaired) electrons. The predicted molar refractivity (Wildman–Crippen MR) is 61.6 cm³/mol. The number of fused-ring (bicyclic) bond motifs is 2. The molecule has 3 heterocycles. The van der Waals surface area contributed by atoms with Gasteiger partial charge in [0.25, 0.3) is 0 Å². The molecule has 3 aliphatic rings. The molecule has 3 aliphatic heterocycles. The van der Waals surface area contributed by atoms with Gasteiger partial charge < -0.3 is 10.2 Å². The van der Waals surface area contributed by atoms with Crippen molar-refractivity contribution < 1.29 is 4.39 Å². The molecule has 0 aliphatic carbocycles. The van der Waals surface area contributed by atoms with E-state index in [0.29, 0.717) is 16.6 Å². The highest BCUT2D eigenvalue weighted by Gasteiger charge is 2.37. The van der Waals surface area contributed by atoms with Crippen LogP contribution in [0.25, 0.3) is 0 Å². The van der Waals surface area contributed by atoms with Crippen molar-refractivity contribution in [1.29, 1.82) is 0 Å². The van der Waals surface area contributed by atoms with Gasteiger partial charge >= 0.3 is 0 Å². The average Bonchev–Trinajstić information content (AvgIpc) is 2.21. The lowest BCUT2D eigenvalue weighted by Gasteiger charge is -2.49. The van der Waals surface area contributed by atoms with Gasteiger partial charge in [-0.2, -0.15) is 0 Å². The first kappa shape index (κ1) is 9.60. The highest BCUT2D eigenvalue weighted by molar-refractivity contribution is 9.10. The molecule has 3 saturated heterocycles. The maximum Gasteiger partial charge on any atom is 0.160 e. The Kier molecular flexibility index (Phi) is 2.21. The number of benzene rings is 1. The van der Waals surface area contributed by atoms with Gasteiger partial charge in [0.15, 0.2) is 5.82 Å². The SMILES string of the molecule is Fc1c(Br)cccc1N1CC2CC(C1)N2. The van der Waals surface area contributed by atoms with Gasteiger partial charge in [0, 0.05) is 25.2 Å². The van der Waals surface area contributed by atoms with E-state index in [1.807, 2.05) is 12.1 Å². The number of halogens is 2. The number of hydrogen-bond acceptors (Lipinski definition) is 2. The van der Waals surface area contributed by atoms with Crippen LogP contribution in [0.3, 0.4) is 0 Å². The predicted octanol–water partition coefficient (Wildman–Crippen LogP) is 2.14. The molecular weight excluding hydrogens is 259 g/mol. The van der Waals surface area contributed by atoms with Crippen molar-refractivity contribution >= 4 is 21.6 Å². The van der Waals surface area contributed by atoms with Crippen molar-refractivity contribution in [2.75, 3.05) is 18.0 Å². The second kappa shape index (κ2) is 3.46. The van der Waals surface area contributed by atoms with Gasteiger partial charge in [-0.25, -0.2) is 4.39 Å². The Morgan fingerprint density at radius 2 is 2.00 bits per heavy atom. The third-order valence-electron chi connectivity index (χ3n) is 3.19. The van der Waals surface area contributed by atoms with Crippen molar-refractivity contribution in [2.45, 2.75) is 18.5 Å². The van der Waals surface area contributed by atoms with Crippen LogP contribution < -0.4 is 10.2 Å². The molecule has 3 fully saturated rings. The van der Waals surface area contributed by atoms with Crippen molar-refractivity contribution in [3.8, 4) is 0 Å². The van der Waals surface area contributed by atoms with Crippen LogP contribution in [0.1, 0.15) is 6.42 Å². The Hall–Kier alpha value is -0.610. The van der Waals surface area contributed by atoms with E-state index in [-0.39, 0.29) is 5.82 Å². The normalized spacial score (nSPS) is 28.8. The van der Waals surface area contributed by atoms with Crippen molar-refractivity contribution in [3.05, 3.63) is 28.5 Å². The fourth-order valence-corrected chi connectivity index (χ4v) is 2.80. The van der Waals surface area contributed by atoms with Gasteiger partial charge in [-0.1, -0.05) is 6.07 Å². The minimum atomic E-state index is -0.140. The average molecular weight is 271 g/mol. The molecule has 1 aromatic rings. The maximum atomic E-state index is 13.8. The second-order valence-electron chi connectivity index (χ2n) is 4.27. The number of nitrogens with zero attached hydrogens (tertiary/aromatic N) is 1. The lowest BCUT2D eigenvalue weighted by atomic mass is 9.91. The zero-order valence-corrected chi connectivity index (χ0v) is 9.80. The van der Waals surface area contributed by atoms with E-state index in [9.17, 15) is 4.39 Å². The van der Waals surface area contributed by atoms with E-state index in [1.165, 1.54) is 6.42 Å². The summed E-state index contributed by atoms with van der Waals surface area (Å²) < 4.78 is 14.4. The van der Waals surface area contributed by atoms with Gasteiger partial charge in [-0.05, 0) is 34.5 Å². The quantitative estimate of drug-likeness (QED) is 0.841. The maximum absolute atomic E-state index is 13.8.